The van der Waals surface area contributed by atoms with E-state index in [1.165, 1.54) is 12.3 Å². The first-order valence-electron chi connectivity index (χ1n) is 5.76. The van der Waals surface area contributed by atoms with E-state index in [4.69, 9.17) is 5.73 Å². The van der Waals surface area contributed by atoms with Gasteiger partial charge in [-0.05, 0) is 37.6 Å². The Morgan fingerprint density at radius 2 is 2.05 bits per heavy atom. The molecule has 0 saturated carbocycles. The molecule has 0 amide bonds. The van der Waals surface area contributed by atoms with Gasteiger partial charge in [0.15, 0.2) is 0 Å². The van der Waals surface area contributed by atoms with Gasteiger partial charge in [0.2, 0.25) is 0 Å². The predicted molar refractivity (Wildman–Crippen MR) is 73.2 cm³/mol. The van der Waals surface area contributed by atoms with Gasteiger partial charge in [0.25, 0.3) is 10.0 Å². The first kappa shape index (κ1) is 13.6. The molecule has 0 saturated heterocycles. The largest absolute Gasteiger partial charge is 0.363 e. The van der Waals surface area contributed by atoms with Gasteiger partial charge in [0.1, 0.15) is 10.7 Å². The van der Waals surface area contributed by atoms with Crippen LogP contribution in [0.15, 0.2) is 29.3 Å². The summed E-state index contributed by atoms with van der Waals surface area (Å²) in [6.45, 7) is 3.96. The van der Waals surface area contributed by atoms with Crippen molar-refractivity contribution < 1.29 is 8.42 Å². The van der Waals surface area contributed by atoms with Gasteiger partial charge in [-0.3, -0.25) is 4.72 Å². The molecule has 2 aromatic rings. The number of sulfonamides is 1. The van der Waals surface area contributed by atoms with Gasteiger partial charge in [-0.2, -0.15) is 0 Å². The van der Waals surface area contributed by atoms with Gasteiger partial charge in [0.05, 0.1) is 0 Å². The van der Waals surface area contributed by atoms with E-state index in [1.54, 1.807) is 6.07 Å². The predicted octanol–water partition coefficient (Wildman–Crippen LogP) is 1.29. The van der Waals surface area contributed by atoms with Crippen LogP contribution in [-0.4, -0.2) is 18.4 Å². The van der Waals surface area contributed by atoms with Crippen LogP contribution in [0.5, 0.6) is 0 Å². The molecule has 19 heavy (non-hydrogen) atoms. The summed E-state index contributed by atoms with van der Waals surface area (Å²) in [4.78, 5) is 7.10. The molecule has 0 aromatic carbocycles. The molecular formula is C12H16N4O2S. The SMILES string of the molecule is Cc1cc(C)nc(NS(=O)(=O)c2c[nH]c(CN)c2)c1. The molecule has 0 unspecified atom stereocenters. The van der Waals surface area contributed by atoms with E-state index in [2.05, 4.69) is 14.7 Å². The summed E-state index contributed by atoms with van der Waals surface area (Å²) in [7, 11) is -3.64. The van der Waals surface area contributed by atoms with Crippen molar-refractivity contribution >= 4 is 15.8 Å². The van der Waals surface area contributed by atoms with Gasteiger partial charge >= 0.3 is 0 Å². The molecular weight excluding hydrogens is 264 g/mol. The van der Waals surface area contributed by atoms with Crippen LogP contribution in [0.2, 0.25) is 0 Å². The number of aromatic amines is 1. The van der Waals surface area contributed by atoms with E-state index in [0.29, 0.717) is 11.5 Å². The highest BCUT2D eigenvalue weighted by molar-refractivity contribution is 7.92. The van der Waals surface area contributed by atoms with Crippen molar-refractivity contribution in [1.29, 1.82) is 0 Å². The zero-order valence-electron chi connectivity index (χ0n) is 10.8. The van der Waals surface area contributed by atoms with Crippen LogP contribution >= 0.6 is 0 Å². The van der Waals surface area contributed by atoms with Gasteiger partial charge in [0, 0.05) is 24.1 Å². The minimum Gasteiger partial charge on any atom is -0.363 e. The lowest BCUT2D eigenvalue weighted by atomic mass is 10.2. The molecule has 4 N–H and O–H groups in total. The van der Waals surface area contributed by atoms with E-state index in [1.807, 2.05) is 19.9 Å². The summed E-state index contributed by atoms with van der Waals surface area (Å²) in [5, 5.41) is 0. The molecule has 0 radical (unpaired) electrons. The summed E-state index contributed by atoms with van der Waals surface area (Å²) in [6.07, 6.45) is 1.41. The normalized spacial score (nSPS) is 11.5. The van der Waals surface area contributed by atoms with Crippen LogP contribution in [0.25, 0.3) is 0 Å². The summed E-state index contributed by atoms with van der Waals surface area (Å²) in [6, 6.07) is 5.06. The average molecular weight is 280 g/mol. The third kappa shape index (κ3) is 3.12. The molecule has 0 fully saturated rings. The van der Waals surface area contributed by atoms with Crippen molar-refractivity contribution in [1.82, 2.24) is 9.97 Å². The van der Waals surface area contributed by atoms with Crippen LogP contribution in [0, 0.1) is 13.8 Å². The Kier molecular flexibility index (Phi) is 3.59. The van der Waals surface area contributed by atoms with E-state index in [0.717, 1.165) is 11.3 Å². The molecule has 2 aromatic heterocycles. The number of pyridine rings is 1. The third-order valence-electron chi connectivity index (χ3n) is 2.58. The molecule has 0 aliphatic rings. The molecule has 7 heteroatoms. The Morgan fingerprint density at radius 3 is 2.63 bits per heavy atom. The number of nitrogens with two attached hydrogens (primary N) is 1. The Bertz CT molecular complexity index is 671. The Balaban J connectivity index is 2.30. The van der Waals surface area contributed by atoms with Crippen LogP contribution in [0.3, 0.4) is 0 Å². The second kappa shape index (κ2) is 5.02. The number of hydrogen-bond donors (Lipinski definition) is 3. The van der Waals surface area contributed by atoms with Crippen molar-refractivity contribution in [2.75, 3.05) is 4.72 Å². The lowest BCUT2D eigenvalue weighted by molar-refractivity contribution is 0.601. The van der Waals surface area contributed by atoms with Crippen molar-refractivity contribution in [3.05, 3.63) is 41.3 Å². The number of aromatic nitrogens is 2. The molecule has 2 rings (SSSR count). The molecule has 0 atom stereocenters. The number of nitrogens with one attached hydrogen (secondary N) is 2. The fourth-order valence-corrected chi connectivity index (χ4v) is 2.79. The quantitative estimate of drug-likeness (QED) is 0.785. The summed E-state index contributed by atoms with van der Waals surface area (Å²) < 4.78 is 26.7. The smallest absolute Gasteiger partial charge is 0.264 e. The molecule has 6 nitrogen and oxygen atoms in total. The molecule has 102 valence electrons. The van der Waals surface area contributed by atoms with Gasteiger partial charge < -0.3 is 10.7 Å². The maximum Gasteiger partial charge on any atom is 0.264 e. The minimum atomic E-state index is -3.64. The number of aryl methyl sites for hydroxylation is 2. The number of rotatable bonds is 4. The third-order valence-corrected chi connectivity index (χ3v) is 3.92. The standard InChI is InChI=1S/C12H16N4O2S/c1-8-3-9(2)15-12(4-8)16-19(17,18)11-5-10(6-13)14-7-11/h3-5,7,14H,6,13H2,1-2H3,(H,15,16). The summed E-state index contributed by atoms with van der Waals surface area (Å²) >= 11 is 0. The van der Waals surface area contributed by atoms with Crippen LogP contribution in [-0.2, 0) is 16.6 Å². The molecule has 2 heterocycles. The topological polar surface area (TPSA) is 101 Å². The monoisotopic (exact) mass is 280 g/mol. The molecule has 0 aliphatic heterocycles. The molecule has 0 bridgehead atoms. The zero-order valence-corrected chi connectivity index (χ0v) is 11.6. The number of anilines is 1. The highest BCUT2D eigenvalue weighted by Crippen LogP contribution is 2.16. The van der Waals surface area contributed by atoms with Gasteiger partial charge in [-0.15, -0.1) is 0 Å². The Labute approximate surface area is 112 Å². The second-order valence-electron chi connectivity index (χ2n) is 4.34. The zero-order chi connectivity index (χ0) is 14.0. The van der Waals surface area contributed by atoms with Crippen LogP contribution in [0.4, 0.5) is 5.82 Å². The van der Waals surface area contributed by atoms with E-state index >= 15 is 0 Å². The van der Waals surface area contributed by atoms with Crippen LogP contribution in [0.1, 0.15) is 17.0 Å². The lowest BCUT2D eigenvalue weighted by Crippen LogP contribution is -2.13. The second-order valence-corrected chi connectivity index (χ2v) is 6.02. The van der Waals surface area contributed by atoms with Gasteiger partial charge in [-0.1, -0.05) is 0 Å². The number of H-pyrrole nitrogens is 1. The van der Waals surface area contributed by atoms with E-state index < -0.39 is 10.0 Å². The maximum absolute atomic E-state index is 12.1. The molecule has 0 aliphatic carbocycles. The fraction of sp³-hybridized carbons (Fsp3) is 0.250. The van der Waals surface area contributed by atoms with Gasteiger partial charge in [-0.25, -0.2) is 13.4 Å². The number of nitrogens with zero attached hydrogens (tertiary/aromatic N) is 1. The number of hydrogen-bond acceptors (Lipinski definition) is 4. The molecule has 0 spiro atoms. The first-order valence-corrected chi connectivity index (χ1v) is 7.24. The average Bonchev–Trinajstić information content (AvgIpc) is 2.75. The maximum atomic E-state index is 12.1. The van der Waals surface area contributed by atoms with Crippen molar-refractivity contribution in [2.24, 2.45) is 5.73 Å². The lowest BCUT2D eigenvalue weighted by Gasteiger charge is -2.07. The Hall–Kier alpha value is -1.86. The summed E-state index contributed by atoms with van der Waals surface area (Å²) in [5.41, 5.74) is 7.81. The van der Waals surface area contributed by atoms with Crippen molar-refractivity contribution in [3.8, 4) is 0 Å². The summed E-state index contributed by atoms with van der Waals surface area (Å²) in [5.74, 6) is 0.313. The van der Waals surface area contributed by atoms with Crippen LogP contribution < -0.4 is 10.5 Å². The fourth-order valence-electron chi connectivity index (χ4n) is 1.78. The highest BCUT2D eigenvalue weighted by atomic mass is 32.2. The van der Waals surface area contributed by atoms with E-state index in [9.17, 15) is 8.42 Å². The van der Waals surface area contributed by atoms with Crippen molar-refractivity contribution in [2.45, 2.75) is 25.3 Å². The van der Waals surface area contributed by atoms with Crippen molar-refractivity contribution in [3.63, 3.8) is 0 Å². The first-order chi connectivity index (χ1) is 8.90. The Morgan fingerprint density at radius 1 is 1.32 bits per heavy atom. The van der Waals surface area contributed by atoms with E-state index in [-0.39, 0.29) is 11.4 Å². The highest BCUT2D eigenvalue weighted by Gasteiger charge is 2.16. The minimum absolute atomic E-state index is 0.147.